The molecule has 1 fully saturated rings. The quantitative estimate of drug-likeness (QED) is 0.863. The van der Waals surface area contributed by atoms with E-state index in [1.54, 1.807) is 6.07 Å². The number of aliphatic carboxylic acids is 1. The lowest BCUT2D eigenvalue weighted by Gasteiger charge is -2.28. The van der Waals surface area contributed by atoms with E-state index in [0.29, 0.717) is 24.5 Å². The van der Waals surface area contributed by atoms with Crippen LogP contribution in [0.1, 0.15) is 18.5 Å². The first kappa shape index (κ1) is 15.5. The molecule has 0 spiro atoms. The molecule has 0 radical (unpaired) electrons. The number of ether oxygens (including phenoxy) is 1. The van der Waals surface area contributed by atoms with Crippen LogP contribution in [0.2, 0.25) is 0 Å². The molecule has 1 aromatic heterocycles. The number of aromatic nitrogens is 1. The van der Waals surface area contributed by atoms with E-state index < -0.39 is 12.0 Å². The number of fused-ring (bicyclic) bond motifs is 1. The third-order valence-corrected chi connectivity index (χ3v) is 4.03. The summed E-state index contributed by atoms with van der Waals surface area (Å²) in [5, 5.41) is 16.6. The highest BCUT2D eigenvalue weighted by atomic mass is 16.5. The van der Waals surface area contributed by atoms with E-state index in [9.17, 15) is 14.7 Å². The third-order valence-electron chi connectivity index (χ3n) is 4.03. The van der Waals surface area contributed by atoms with Crippen molar-refractivity contribution in [2.45, 2.75) is 25.3 Å². The van der Waals surface area contributed by atoms with Gasteiger partial charge in [-0.15, -0.1) is 0 Å². The molecule has 1 aliphatic heterocycles. The first-order chi connectivity index (χ1) is 11.1. The number of carboxylic acids is 1. The van der Waals surface area contributed by atoms with Gasteiger partial charge < -0.3 is 19.7 Å². The lowest BCUT2D eigenvalue weighted by atomic mass is 9.93. The molecule has 2 heterocycles. The first-order valence-electron chi connectivity index (χ1n) is 7.58. The minimum absolute atomic E-state index is 0.0195. The van der Waals surface area contributed by atoms with Crippen molar-refractivity contribution in [3.8, 4) is 0 Å². The summed E-state index contributed by atoms with van der Waals surface area (Å²) in [4.78, 5) is 23.7. The summed E-state index contributed by atoms with van der Waals surface area (Å²) in [7, 11) is 0. The van der Waals surface area contributed by atoms with Crippen molar-refractivity contribution in [3.05, 3.63) is 30.0 Å². The average Bonchev–Trinajstić information content (AvgIpc) is 2.96. The van der Waals surface area contributed by atoms with E-state index in [-0.39, 0.29) is 18.2 Å². The van der Waals surface area contributed by atoms with Crippen LogP contribution in [0.15, 0.2) is 28.8 Å². The van der Waals surface area contributed by atoms with E-state index in [1.165, 1.54) is 0 Å². The SMILES string of the molecule is O=C(Cc1noc2ccccc12)NC(C(=O)O)C1CCCOC1. The first-order valence-corrected chi connectivity index (χ1v) is 7.58. The Morgan fingerprint density at radius 1 is 1.39 bits per heavy atom. The molecule has 1 saturated heterocycles. The second kappa shape index (κ2) is 6.78. The van der Waals surface area contributed by atoms with Crippen LogP contribution in [-0.4, -0.2) is 41.4 Å². The fraction of sp³-hybridized carbons (Fsp3) is 0.438. The van der Waals surface area contributed by atoms with Gasteiger partial charge in [-0.2, -0.15) is 0 Å². The lowest BCUT2D eigenvalue weighted by molar-refractivity contribution is -0.145. The zero-order valence-corrected chi connectivity index (χ0v) is 12.5. The van der Waals surface area contributed by atoms with E-state index in [2.05, 4.69) is 10.5 Å². The standard InChI is InChI=1S/C16H18N2O5/c19-14(8-12-11-5-1-2-6-13(11)23-18-12)17-15(16(20)21)10-4-3-7-22-9-10/h1-2,5-6,10,15H,3-4,7-9H2,(H,17,19)(H,20,21). The number of rotatable bonds is 5. The number of nitrogens with zero attached hydrogens (tertiary/aromatic N) is 1. The highest BCUT2D eigenvalue weighted by Gasteiger charge is 2.31. The normalized spacial score (nSPS) is 19.4. The summed E-state index contributed by atoms with van der Waals surface area (Å²) in [6.07, 6.45) is 1.51. The molecular formula is C16H18N2O5. The van der Waals surface area contributed by atoms with Gasteiger partial charge in [-0.25, -0.2) is 4.79 Å². The van der Waals surface area contributed by atoms with E-state index in [4.69, 9.17) is 9.26 Å². The molecule has 2 aromatic rings. The van der Waals surface area contributed by atoms with Crippen molar-refractivity contribution in [1.29, 1.82) is 0 Å². The molecule has 2 unspecified atom stereocenters. The molecule has 23 heavy (non-hydrogen) atoms. The maximum absolute atomic E-state index is 12.2. The molecular weight excluding hydrogens is 300 g/mol. The summed E-state index contributed by atoms with van der Waals surface area (Å²) < 4.78 is 10.5. The zero-order valence-electron chi connectivity index (χ0n) is 12.5. The Morgan fingerprint density at radius 3 is 2.96 bits per heavy atom. The second-order valence-corrected chi connectivity index (χ2v) is 5.66. The van der Waals surface area contributed by atoms with Gasteiger partial charge in [0, 0.05) is 17.9 Å². The topological polar surface area (TPSA) is 102 Å². The zero-order chi connectivity index (χ0) is 16.2. The Labute approximate surface area is 132 Å². The minimum Gasteiger partial charge on any atom is -0.480 e. The van der Waals surface area contributed by atoms with E-state index in [1.807, 2.05) is 18.2 Å². The van der Waals surface area contributed by atoms with Crippen LogP contribution >= 0.6 is 0 Å². The summed E-state index contributed by atoms with van der Waals surface area (Å²) in [6, 6.07) is 6.30. The fourth-order valence-electron chi connectivity index (χ4n) is 2.85. The van der Waals surface area contributed by atoms with Crippen LogP contribution in [0.5, 0.6) is 0 Å². The van der Waals surface area contributed by atoms with Crippen LogP contribution in [0.4, 0.5) is 0 Å². The Hall–Kier alpha value is -2.41. The van der Waals surface area contributed by atoms with Crippen LogP contribution in [-0.2, 0) is 20.7 Å². The monoisotopic (exact) mass is 318 g/mol. The molecule has 122 valence electrons. The molecule has 0 saturated carbocycles. The Balaban J connectivity index is 1.68. The molecule has 1 aliphatic rings. The van der Waals surface area contributed by atoms with Crippen LogP contribution in [0, 0.1) is 5.92 Å². The average molecular weight is 318 g/mol. The smallest absolute Gasteiger partial charge is 0.326 e. The number of hydrogen-bond acceptors (Lipinski definition) is 5. The molecule has 7 heteroatoms. The Kier molecular flexibility index (Phi) is 4.57. The van der Waals surface area contributed by atoms with Crippen LogP contribution < -0.4 is 5.32 Å². The van der Waals surface area contributed by atoms with Crippen LogP contribution in [0.25, 0.3) is 11.0 Å². The number of carbonyl (C=O) groups excluding carboxylic acids is 1. The fourth-order valence-corrected chi connectivity index (χ4v) is 2.85. The van der Waals surface area contributed by atoms with Crippen molar-refractivity contribution in [1.82, 2.24) is 10.5 Å². The number of carbonyl (C=O) groups is 2. The van der Waals surface area contributed by atoms with Crippen molar-refractivity contribution in [2.75, 3.05) is 13.2 Å². The maximum Gasteiger partial charge on any atom is 0.326 e. The summed E-state index contributed by atoms with van der Waals surface area (Å²) in [6.45, 7) is 0.992. The number of hydrogen-bond donors (Lipinski definition) is 2. The van der Waals surface area contributed by atoms with E-state index >= 15 is 0 Å². The van der Waals surface area contributed by atoms with Gasteiger partial charge in [0.2, 0.25) is 5.91 Å². The van der Waals surface area contributed by atoms with Gasteiger partial charge in [-0.3, -0.25) is 4.79 Å². The highest BCUT2D eigenvalue weighted by Crippen LogP contribution is 2.20. The number of para-hydroxylation sites is 1. The summed E-state index contributed by atoms with van der Waals surface area (Å²) >= 11 is 0. The maximum atomic E-state index is 12.2. The van der Waals surface area contributed by atoms with Crippen LogP contribution in [0.3, 0.4) is 0 Å². The molecule has 0 aliphatic carbocycles. The van der Waals surface area contributed by atoms with Crippen molar-refractivity contribution in [3.63, 3.8) is 0 Å². The molecule has 0 bridgehead atoms. The van der Waals surface area contributed by atoms with Crippen molar-refractivity contribution < 1.29 is 24.0 Å². The van der Waals surface area contributed by atoms with Gasteiger partial charge in [0.1, 0.15) is 11.7 Å². The number of amides is 1. The predicted octanol–water partition coefficient (Wildman–Crippen LogP) is 1.37. The molecule has 3 rings (SSSR count). The van der Waals surface area contributed by atoms with Gasteiger partial charge in [0.05, 0.1) is 13.0 Å². The number of carboxylic acid groups (broad SMARTS) is 1. The van der Waals surface area contributed by atoms with Gasteiger partial charge in [0.15, 0.2) is 5.58 Å². The van der Waals surface area contributed by atoms with Gasteiger partial charge in [-0.05, 0) is 25.0 Å². The Bertz CT molecular complexity index is 705. The number of nitrogens with one attached hydrogen (secondary N) is 1. The van der Waals surface area contributed by atoms with Gasteiger partial charge in [-0.1, -0.05) is 17.3 Å². The lowest BCUT2D eigenvalue weighted by Crippen LogP contribution is -2.48. The largest absolute Gasteiger partial charge is 0.480 e. The van der Waals surface area contributed by atoms with Gasteiger partial charge in [0.25, 0.3) is 0 Å². The number of benzene rings is 1. The molecule has 2 N–H and O–H groups in total. The minimum atomic E-state index is -1.04. The molecule has 1 amide bonds. The van der Waals surface area contributed by atoms with Crippen molar-refractivity contribution >= 4 is 22.8 Å². The summed E-state index contributed by atoms with van der Waals surface area (Å²) in [5.74, 6) is -1.64. The summed E-state index contributed by atoms with van der Waals surface area (Å²) in [5.41, 5.74) is 1.10. The predicted molar refractivity (Wildman–Crippen MR) is 80.8 cm³/mol. The molecule has 2 atom stereocenters. The highest BCUT2D eigenvalue weighted by molar-refractivity contribution is 5.88. The van der Waals surface area contributed by atoms with Gasteiger partial charge >= 0.3 is 5.97 Å². The third kappa shape index (κ3) is 3.50. The van der Waals surface area contributed by atoms with E-state index in [0.717, 1.165) is 18.2 Å². The molecule has 1 aromatic carbocycles. The Morgan fingerprint density at radius 2 is 2.22 bits per heavy atom. The second-order valence-electron chi connectivity index (χ2n) is 5.66. The van der Waals surface area contributed by atoms with Crippen molar-refractivity contribution in [2.24, 2.45) is 5.92 Å². The molecule has 7 nitrogen and oxygen atoms in total.